The van der Waals surface area contributed by atoms with Gasteiger partial charge in [-0.2, -0.15) is 10.2 Å². The van der Waals surface area contributed by atoms with Gasteiger partial charge < -0.3 is 14.4 Å². The van der Waals surface area contributed by atoms with Crippen LogP contribution in [0.3, 0.4) is 0 Å². The van der Waals surface area contributed by atoms with E-state index < -0.39 is 5.60 Å². The van der Waals surface area contributed by atoms with Crippen molar-refractivity contribution in [1.82, 2.24) is 29.3 Å². The molecule has 0 unspecified atom stereocenters. The van der Waals surface area contributed by atoms with Gasteiger partial charge in [-0.25, -0.2) is 14.3 Å². The number of carbonyl (C=O) groups is 1. The van der Waals surface area contributed by atoms with Gasteiger partial charge >= 0.3 is 6.09 Å². The lowest BCUT2D eigenvalue weighted by molar-refractivity contribution is 0.0218. The Kier molecular flexibility index (Phi) is 5.84. The summed E-state index contributed by atoms with van der Waals surface area (Å²) < 4.78 is 16.4. The van der Waals surface area contributed by atoms with E-state index in [0.29, 0.717) is 5.88 Å². The quantitative estimate of drug-likeness (QED) is 0.469. The van der Waals surface area contributed by atoms with Crippen LogP contribution in [0.5, 0.6) is 5.88 Å². The Labute approximate surface area is 194 Å². The van der Waals surface area contributed by atoms with Gasteiger partial charge in [0.05, 0.1) is 27.9 Å². The molecule has 10 heteroatoms. The molecule has 1 aliphatic carbocycles. The molecule has 3 aromatic heterocycles. The van der Waals surface area contributed by atoms with Crippen LogP contribution >= 0.6 is 22.6 Å². The van der Waals surface area contributed by atoms with Crippen molar-refractivity contribution in [3.05, 3.63) is 28.4 Å². The van der Waals surface area contributed by atoms with Gasteiger partial charge in [-0.05, 0) is 56.2 Å². The molecule has 1 saturated carbocycles. The second-order valence-electron chi connectivity index (χ2n) is 8.92. The molecule has 0 saturated heterocycles. The average Bonchev–Trinajstić information content (AvgIpc) is 3.40. The number of halogens is 1. The average molecular weight is 538 g/mol. The second-order valence-corrected chi connectivity index (χ2v) is 10.1. The van der Waals surface area contributed by atoms with Crippen LogP contribution in [-0.2, 0) is 11.8 Å². The lowest BCUT2D eigenvalue weighted by atomic mass is 10.2. The van der Waals surface area contributed by atoms with Crippen molar-refractivity contribution < 1.29 is 14.3 Å². The first kappa shape index (κ1) is 21.8. The Bertz CT molecular complexity index is 1100. The molecule has 3 heterocycles. The van der Waals surface area contributed by atoms with Crippen LogP contribution in [0.15, 0.2) is 24.8 Å². The van der Waals surface area contributed by atoms with E-state index in [4.69, 9.17) is 14.5 Å². The Morgan fingerprint density at radius 1 is 1.23 bits per heavy atom. The third-order valence-electron chi connectivity index (χ3n) is 5.28. The minimum absolute atomic E-state index is 0.0407. The normalized spacial score (nSPS) is 19.0. The third kappa shape index (κ3) is 4.78. The predicted molar refractivity (Wildman–Crippen MR) is 124 cm³/mol. The van der Waals surface area contributed by atoms with Gasteiger partial charge in [0.15, 0.2) is 0 Å². The fourth-order valence-corrected chi connectivity index (χ4v) is 4.34. The van der Waals surface area contributed by atoms with Crippen LogP contribution in [0.1, 0.15) is 40.0 Å². The highest BCUT2D eigenvalue weighted by Crippen LogP contribution is 2.32. The van der Waals surface area contributed by atoms with Crippen molar-refractivity contribution in [2.45, 2.75) is 57.8 Å². The minimum Gasteiger partial charge on any atom is -0.473 e. The van der Waals surface area contributed by atoms with E-state index in [9.17, 15) is 4.79 Å². The summed E-state index contributed by atoms with van der Waals surface area (Å²) in [4.78, 5) is 18.9. The van der Waals surface area contributed by atoms with E-state index in [1.807, 2.05) is 40.2 Å². The summed E-state index contributed by atoms with van der Waals surface area (Å²) in [6.07, 6.45) is 9.44. The maximum atomic E-state index is 12.4. The fraction of sp³-hybridized carbons (Fsp3) is 0.524. The van der Waals surface area contributed by atoms with Crippen molar-refractivity contribution >= 4 is 34.2 Å². The van der Waals surface area contributed by atoms with Crippen LogP contribution in [0.25, 0.3) is 16.8 Å². The molecule has 1 aliphatic rings. The third-order valence-corrected chi connectivity index (χ3v) is 6.07. The first-order valence-corrected chi connectivity index (χ1v) is 11.3. The molecule has 0 N–H and O–H groups in total. The second kappa shape index (κ2) is 8.29. The Morgan fingerprint density at radius 2 is 2.00 bits per heavy atom. The molecule has 2 atom stereocenters. The highest BCUT2D eigenvalue weighted by molar-refractivity contribution is 14.1. The van der Waals surface area contributed by atoms with E-state index >= 15 is 0 Å². The smallest absolute Gasteiger partial charge is 0.410 e. The van der Waals surface area contributed by atoms with Gasteiger partial charge in [0.25, 0.3) is 0 Å². The van der Waals surface area contributed by atoms with Gasteiger partial charge in [-0.15, -0.1) is 0 Å². The summed E-state index contributed by atoms with van der Waals surface area (Å²) >= 11 is 2.24. The fourth-order valence-electron chi connectivity index (χ4n) is 3.74. The number of aromatic nitrogens is 5. The van der Waals surface area contributed by atoms with Crippen LogP contribution in [-0.4, -0.2) is 60.2 Å². The molecule has 9 nitrogen and oxygen atoms in total. The lowest BCUT2D eigenvalue weighted by Gasteiger charge is -2.28. The Hall–Kier alpha value is -2.37. The largest absolute Gasteiger partial charge is 0.473 e. The Morgan fingerprint density at radius 3 is 2.68 bits per heavy atom. The molecule has 0 spiro atoms. The lowest BCUT2D eigenvalue weighted by Crippen LogP contribution is -2.40. The van der Waals surface area contributed by atoms with E-state index in [2.05, 4.69) is 32.8 Å². The molecule has 1 fully saturated rings. The number of hydrogen-bond donors (Lipinski definition) is 0. The van der Waals surface area contributed by atoms with Gasteiger partial charge in [0.2, 0.25) is 5.88 Å². The predicted octanol–water partition coefficient (Wildman–Crippen LogP) is 3.90. The molecule has 3 aromatic rings. The zero-order chi connectivity index (χ0) is 22.3. The first-order chi connectivity index (χ1) is 14.6. The molecule has 0 radical (unpaired) electrons. The molecular weight excluding hydrogens is 511 g/mol. The number of hydrogen-bond acceptors (Lipinski definition) is 6. The van der Waals surface area contributed by atoms with Gasteiger partial charge in [-0.1, -0.05) is 0 Å². The molecule has 31 heavy (non-hydrogen) atoms. The van der Waals surface area contributed by atoms with Gasteiger partial charge in [-0.3, -0.25) is 4.68 Å². The maximum absolute atomic E-state index is 12.4. The van der Waals surface area contributed by atoms with Crippen molar-refractivity contribution in [2.75, 3.05) is 7.05 Å². The topological polar surface area (TPSA) is 86.8 Å². The SMILES string of the molecule is CN(C(=O)OC(C)(C)C)[C@@H]1CC[C@H](Oc2nc(-c3cnn(C)c3)cn3ncc(I)c23)C1. The van der Waals surface area contributed by atoms with E-state index in [0.717, 1.165) is 39.6 Å². The van der Waals surface area contributed by atoms with Crippen LogP contribution < -0.4 is 4.74 Å². The zero-order valence-corrected chi connectivity index (χ0v) is 20.5. The molecule has 4 rings (SSSR count). The van der Waals surface area contributed by atoms with Crippen molar-refractivity contribution in [1.29, 1.82) is 0 Å². The standard InChI is InChI=1S/C21H27IN6O3/c1-21(2,3)31-20(29)27(5)14-6-7-15(8-14)30-19-18-16(22)10-24-28(18)12-17(25-19)13-9-23-26(4)11-13/h9-12,14-15H,6-8H2,1-5H3/t14-,15+/m1/s1. The molecule has 0 aliphatic heterocycles. The summed E-state index contributed by atoms with van der Waals surface area (Å²) in [5.74, 6) is 0.550. The van der Waals surface area contributed by atoms with Crippen molar-refractivity contribution in [2.24, 2.45) is 7.05 Å². The highest BCUT2D eigenvalue weighted by atomic mass is 127. The summed E-state index contributed by atoms with van der Waals surface area (Å²) in [5.41, 5.74) is 1.97. The number of ether oxygens (including phenoxy) is 2. The number of rotatable bonds is 4. The molecule has 1 amide bonds. The monoisotopic (exact) mass is 538 g/mol. The Balaban J connectivity index is 1.53. The van der Waals surface area contributed by atoms with E-state index in [1.54, 1.807) is 33.5 Å². The summed E-state index contributed by atoms with van der Waals surface area (Å²) in [7, 11) is 3.66. The summed E-state index contributed by atoms with van der Waals surface area (Å²) in [6, 6.07) is 0.0707. The first-order valence-electron chi connectivity index (χ1n) is 10.3. The van der Waals surface area contributed by atoms with Crippen LogP contribution in [0.4, 0.5) is 4.79 Å². The van der Waals surface area contributed by atoms with E-state index in [-0.39, 0.29) is 18.2 Å². The molecular formula is C21H27IN6O3. The number of nitrogens with zero attached hydrogens (tertiary/aromatic N) is 6. The highest BCUT2D eigenvalue weighted by Gasteiger charge is 2.34. The van der Waals surface area contributed by atoms with Gasteiger partial charge in [0, 0.05) is 38.3 Å². The van der Waals surface area contributed by atoms with Crippen LogP contribution in [0.2, 0.25) is 0 Å². The number of aryl methyl sites for hydroxylation is 1. The van der Waals surface area contributed by atoms with Crippen molar-refractivity contribution in [3.8, 4) is 17.1 Å². The molecule has 0 bridgehead atoms. The van der Waals surface area contributed by atoms with Crippen LogP contribution in [0, 0.1) is 3.57 Å². The zero-order valence-electron chi connectivity index (χ0n) is 18.4. The minimum atomic E-state index is -0.513. The van der Waals surface area contributed by atoms with Gasteiger partial charge in [0.1, 0.15) is 17.2 Å². The van der Waals surface area contributed by atoms with Crippen molar-refractivity contribution in [3.63, 3.8) is 0 Å². The molecule has 166 valence electrons. The number of amides is 1. The van der Waals surface area contributed by atoms with E-state index in [1.165, 1.54) is 0 Å². The number of fused-ring (bicyclic) bond motifs is 1. The summed E-state index contributed by atoms with van der Waals surface area (Å²) in [5, 5.41) is 8.68. The maximum Gasteiger partial charge on any atom is 0.410 e. The number of carbonyl (C=O) groups excluding carboxylic acids is 1. The molecule has 0 aromatic carbocycles. The summed E-state index contributed by atoms with van der Waals surface area (Å²) in [6.45, 7) is 5.62.